The Bertz CT molecular complexity index is 1150. The van der Waals surface area contributed by atoms with Crippen molar-refractivity contribution in [2.24, 2.45) is 0 Å². The normalized spacial score (nSPS) is 22.6. The molecular weight excluding hydrogens is 485 g/mol. The molecule has 2 saturated heterocycles. The molecule has 2 fully saturated rings. The summed E-state index contributed by atoms with van der Waals surface area (Å²) in [5, 5.41) is 12.5. The number of nitrogens with one attached hydrogen (secondary N) is 1. The van der Waals surface area contributed by atoms with Crippen molar-refractivity contribution in [2.75, 3.05) is 56.2 Å². The fourth-order valence-corrected chi connectivity index (χ4v) is 5.43. The van der Waals surface area contributed by atoms with E-state index < -0.39 is 11.7 Å². The van der Waals surface area contributed by atoms with Gasteiger partial charge in [0.25, 0.3) is 0 Å². The number of hydrogen-bond donors (Lipinski definition) is 1. The summed E-state index contributed by atoms with van der Waals surface area (Å²) >= 11 is 0. The molecule has 1 N–H and O–H groups in total. The third-order valence-corrected chi connectivity index (χ3v) is 7.44. The van der Waals surface area contributed by atoms with Gasteiger partial charge in [0.1, 0.15) is 12.4 Å². The summed E-state index contributed by atoms with van der Waals surface area (Å²) in [6.07, 6.45) is 0.800. The summed E-state index contributed by atoms with van der Waals surface area (Å²) in [4.78, 5) is 19.3. The minimum absolute atomic E-state index is 0.0205. The number of nitrogens with zero attached hydrogens (tertiary/aromatic N) is 7. The maximum atomic E-state index is 13.7. The molecule has 9 nitrogen and oxygen atoms in total. The molecule has 2 atom stereocenters. The molecule has 0 aromatic carbocycles. The number of nitriles is 1. The number of anilines is 2. The highest BCUT2D eigenvalue weighted by Gasteiger charge is 2.37. The number of piperazine rings is 1. The van der Waals surface area contributed by atoms with Crippen molar-refractivity contribution < 1.29 is 17.9 Å². The highest BCUT2D eigenvalue weighted by molar-refractivity contribution is 5.58. The molecule has 2 aromatic heterocycles. The van der Waals surface area contributed by atoms with Crippen molar-refractivity contribution >= 4 is 11.5 Å². The summed E-state index contributed by atoms with van der Waals surface area (Å²) in [5.74, 6) is 0.759. The van der Waals surface area contributed by atoms with Gasteiger partial charge in [0, 0.05) is 56.2 Å². The molecule has 3 aliphatic rings. The molecule has 3 aliphatic heterocycles. The third kappa shape index (κ3) is 5.57. The van der Waals surface area contributed by atoms with Crippen molar-refractivity contribution in [2.45, 2.75) is 50.5 Å². The third-order valence-electron chi connectivity index (χ3n) is 7.44. The monoisotopic (exact) mass is 516 g/mol. The number of alkyl halides is 3. The highest BCUT2D eigenvalue weighted by atomic mass is 19.4. The SMILES string of the molecule is CN1CCC[C@H]1COc1nc2c(c(N3CCN[C@@H](CC#N)C3)n1)CCN(c1ccncc1C(F)(F)F)C2. The van der Waals surface area contributed by atoms with Crippen LogP contribution in [0.2, 0.25) is 0 Å². The molecule has 5 heterocycles. The highest BCUT2D eigenvalue weighted by Crippen LogP contribution is 2.38. The maximum absolute atomic E-state index is 13.7. The van der Waals surface area contributed by atoms with Crippen LogP contribution in [0.1, 0.15) is 36.1 Å². The molecule has 0 spiro atoms. The lowest BCUT2D eigenvalue weighted by atomic mass is 10.0. The van der Waals surface area contributed by atoms with Crippen molar-refractivity contribution in [1.29, 1.82) is 5.26 Å². The summed E-state index contributed by atoms with van der Waals surface area (Å²) in [6, 6.07) is 4.18. The Morgan fingerprint density at radius 2 is 2.08 bits per heavy atom. The van der Waals surface area contributed by atoms with Gasteiger partial charge in [0.05, 0.1) is 36.0 Å². The zero-order valence-electron chi connectivity index (χ0n) is 20.8. The van der Waals surface area contributed by atoms with E-state index in [0.717, 1.165) is 37.0 Å². The molecule has 0 amide bonds. The second kappa shape index (κ2) is 10.7. The summed E-state index contributed by atoms with van der Waals surface area (Å²) in [7, 11) is 2.07. The topological polar surface area (TPSA) is 93.4 Å². The first kappa shape index (κ1) is 25.5. The van der Waals surface area contributed by atoms with Crippen LogP contribution in [0.3, 0.4) is 0 Å². The molecule has 0 bridgehead atoms. The largest absolute Gasteiger partial charge is 0.462 e. The number of likely N-dealkylation sites (tertiary alicyclic amines) is 1. The summed E-state index contributed by atoms with van der Waals surface area (Å²) < 4.78 is 47.2. The lowest BCUT2D eigenvalue weighted by molar-refractivity contribution is -0.137. The van der Waals surface area contributed by atoms with Crippen LogP contribution in [0.15, 0.2) is 18.5 Å². The van der Waals surface area contributed by atoms with Gasteiger partial charge >= 0.3 is 12.2 Å². The molecule has 37 heavy (non-hydrogen) atoms. The van der Waals surface area contributed by atoms with Crippen LogP contribution < -0.4 is 19.9 Å². The summed E-state index contributed by atoms with van der Waals surface area (Å²) in [5.41, 5.74) is 0.947. The van der Waals surface area contributed by atoms with E-state index in [0.29, 0.717) is 51.3 Å². The van der Waals surface area contributed by atoms with E-state index in [4.69, 9.17) is 14.7 Å². The number of aromatic nitrogens is 3. The molecule has 2 aromatic rings. The van der Waals surface area contributed by atoms with E-state index in [2.05, 4.69) is 33.2 Å². The van der Waals surface area contributed by atoms with Crippen LogP contribution in [0.5, 0.6) is 6.01 Å². The van der Waals surface area contributed by atoms with Gasteiger partial charge in [-0.2, -0.15) is 28.4 Å². The number of hydrogen-bond acceptors (Lipinski definition) is 9. The Morgan fingerprint density at radius 1 is 1.22 bits per heavy atom. The van der Waals surface area contributed by atoms with Crippen LogP contribution in [0.4, 0.5) is 24.7 Å². The molecule has 5 rings (SSSR count). The van der Waals surface area contributed by atoms with Gasteiger partial charge in [0.2, 0.25) is 0 Å². The molecule has 0 unspecified atom stereocenters. The van der Waals surface area contributed by atoms with Gasteiger partial charge in [-0.05, 0) is 38.9 Å². The summed E-state index contributed by atoms with van der Waals surface area (Å²) in [6.45, 7) is 4.14. The second-order valence-electron chi connectivity index (χ2n) is 9.86. The number of fused-ring (bicyclic) bond motifs is 1. The molecule has 198 valence electrons. The van der Waals surface area contributed by atoms with Gasteiger partial charge in [-0.1, -0.05) is 0 Å². The zero-order chi connectivity index (χ0) is 26.0. The van der Waals surface area contributed by atoms with Gasteiger partial charge in [-0.25, -0.2) is 0 Å². The first-order chi connectivity index (χ1) is 17.8. The van der Waals surface area contributed by atoms with E-state index in [9.17, 15) is 18.4 Å². The molecule has 0 radical (unpaired) electrons. The van der Waals surface area contributed by atoms with Gasteiger partial charge < -0.3 is 24.8 Å². The first-order valence-electron chi connectivity index (χ1n) is 12.7. The lowest BCUT2D eigenvalue weighted by Gasteiger charge is -2.37. The van der Waals surface area contributed by atoms with Crippen LogP contribution >= 0.6 is 0 Å². The Kier molecular flexibility index (Phi) is 7.35. The van der Waals surface area contributed by atoms with E-state index in [1.54, 1.807) is 4.90 Å². The fraction of sp³-hybridized carbons (Fsp3) is 0.600. The predicted molar refractivity (Wildman–Crippen MR) is 131 cm³/mol. The minimum atomic E-state index is -4.50. The first-order valence-corrected chi connectivity index (χ1v) is 12.7. The van der Waals surface area contributed by atoms with Crippen LogP contribution in [0, 0.1) is 11.3 Å². The number of rotatable bonds is 6. The van der Waals surface area contributed by atoms with E-state index in [1.165, 1.54) is 12.3 Å². The molecular formula is C25H31F3N8O. The van der Waals surface area contributed by atoms with Crippen molar-refractivity contribution in [3.63, 3.8) is 0 Å². The molecule has 0 aliphatic carbocycles. The molecule has 0 saturated carbocycles. The molecule has 12 heteroatoms. The Hall–Kier alpha value is -3.17. The maximum Gasteiger partial charge on any atom is 0.419 e. The van der Waals surface area contributed by atoms with Crippen molar-refractivity contribution in [3.05, 3.63) is 35.3 Å². The second-order valence-corrected chi connectivity index (χ2v) is 9.86. The number of halogens is 3. The van der Waals surface area contributed by atoms with E-state index >= 15 is 0 Å². The zero-order valence-corrected chi connectivity index (χ0v) is 20.8. The fourth-order valence-electron chi connectivity index (χ4n) is 5.43. The average molecular weight is 517 g/mol. The van der Waals surface area contributed by atoms with Crippen LogP contribution in [-0.2, 0) is 19.1 Å². The van der Waals surface area contributed by atoms with Crippen LogP contribution in [-0.4, -0.2) is 78.3 Å². The van der Waals surface area contributed by atoms with Gasteiger partial charge in [0.15, 0.2) is 0 Å². The predicted octanol–water partition coefficient (Wildman–Crippen LogP) is 2.62. The number of likely N-dealkylation sites (N-methyl/N-ethyl adjacent to an activating group) is 1. The number of ether oxygens (including phenoxy) is 1. The van der Waals surface area contributed by atoms with Crippen LogP contribution in [0.25, 0.3) is 0 Å². The Labute approximate surface area is 214 Å². The van der Waals surface area contributed by atoms with Crippen molar-refractivity contribution in [3.8, 4) is 12.1 Å². The number of pyridine rings is 1. The minimum Gasteiger partial charge on any atom is -0.462 e. The van der Waals surface area contributed by atoms with Gasteiger partial charge in [-0.15, -0.1) is 0 Å². The smallest absolute Gasteiger partial charge is 0.419 e. The quantitative estimate of drug-likeness (QED) is 0.622. The Morgan fingerprint density at radius 3 is 2.84 bits per heavy atom. The standard InChI is InChI=1S/C25H31F3N8O/c1-34-10-2-3-18(34)16-37-24-32-21-15-35(22-5-8-30-13-20(22)25(26,27)28)11-6-19(21)23(33-24)36-12-9-31-17(14-36)4-7-29/h5,8,13,17-18,31H,2-4,6,9-12,14-16H2,1H3/t17-,18-/m0/s1. The van der Waals surface area contributed by atoms with E-state index in [1.807, 2.05) is 0 Å². The Balaban J connectivity index is 1.46. The van der Waals surface area contributed by atoms with Gasteiger partial charge in [-0.3, -0.25) is 4.98 Å². The average Bonchev–Trinajstić information content (AvgIpc) is 3.31. The van der Waals surface area contributed by atoms with Crippen molar-refractivity contribution in [1.82, 2.24) is 25.2 Å². The van der Waals surface area contributed by atoms with E-state index in [-0.39, 0.29) is 30.3 Å². The lowest BCUT2D eigenvalue weighted by Crippen LogP contribution is -2.51.